The average molecular weight is 405 g/mol. The van der Waals surface area contributed by atoms with Gasteiger partial charge < -0.3 is 10.1 Å². The van der Waals surface area contributed by atoms with E-state index in [4.69, 9.17) is 4.74 Å². The molecule has 0 saturated carbocycles. The van der Waals surface area contributed by atoms with Crippen LogP contribution in [0.3, 0.4) is 0 Å². The third-order valence-corrected chi connectivity index (χ3v) is 5.47. The highest BCUT2D eigenvalue weighted by molar-refractivity contribution is 6.02. The number of carbonyl (C=O) groups is 2. The Hall–Kier alpha value is -3.48. The molecule has 3 aromatic rings. The van der Waals surface area contributed by atoms with Crippen LogP contribution in [-0.4, -0.2) is 28.7 Å². The van der Waals surface area contributed by atoms with Gasteiger partial charge in [0.2, 0.25) is 0 Å². The van der Waals surface area contributed by atoms with E-state index in [2.05, 4.69) is 27.6 Å². The third kappa shape index (κ3) is 4.10. The van der Waals surface area contributed by atoms with Gasteiger partial charge in [0.1, 0.15) is 0 Å². The standard InChI is InChI=1S/C23H23N3O4/c1-14(16-11-10-15-6-2-3-7-17(15)12-16)24-20(27)13-30-23(29)21-18-8-4-5-9-19(18)22(28)26-25-21/h4-5,8-12,14H,2-3,6-7,13H2,1H3,(H,24,27)(H,26,28)/t14-/m0/s1. The molecular weight excluding hydrogens is 382 g/mol. The molecular formula is C23H23N3O4. The van der Waals surface area contributed by atoms with E-state index in [1.807, 2.05) is 13.0 Å². The van der Waals surface area contributed by atoms with Gasteiger partial charge in [-0.2, -0.15) is 5.10 Å². The normalized spacial score (nSPS) is 14.0. The number of hydrogen-bond donors (Lipinski definition) is 2. The fourth-order valence-corrected chi connectivity index (χ4v) is 3.86. The van der Waals surface area contributed by atoms with E-state index in [9.17, 15) is 14.4 Å². The fraction of sp³-hybridized carbons (Fsp3) is 0.304. The zero-order valence-corrected chi connectivity index (χ0v) is 16.7. The van der Waals surface area contributed by atoms with Crippen molar-refractivity contribution in [2.75, 3.05) is 6.61 Å². The van der Waals surface area contributed by atoms with E-state index < -0.39 is 24.0 Å². The molecule has 0 bridgehead atoms. The van der Waals surface area contributed by atoms with Crippen molar-refractivity contribution in [3.05, 3.63) is 75.2 Å². The zero-order chi connectivity index (χ0) is 21.1. The summed E-state index contributed by atoms with van der Waals surface area (Å²) in [5.41, 5.74) is 3.35. The molecule has 154 valence electrons. The van der Waals surface area contributed by atoms with E-state index in [0.717, 1.165) is 18.4 Å². The summed E-state index contributed by atoms with van der Waals surface area (Å²) in [6.07, 6.45) is 4.60. The molecule has 1 aromatic heterocycles. The lowest BCUT2D eigenvalue weighted by molar-refractivity contribution is -0.124. The minimum atomic E-state index is -0.765. The van der Waals surface area contributed by atoms with Crippen LogP contribution in [0.15, 0.2) is 47.3 Å². The molecule has 1 aliphatic carbocycles. The van der Waals surface area contributed by atoms with Crippen molar-refractivity contribution in [3.63, 3.8) is 0 Å². The minimum absolute atomic E-state index is 0.0271. The molecule has 30 heavy (non-hydrogen) atoms. The fourth-order valence-electron chi connectivity index (χ4n) is 3.86. The molecule has 7 heteroatoms. The summed E-state index contributed by atoms with van der Waals surface area (Å²) in [6, 6.07) is 12.7. The number of rotatable bonds is 5. The Labute approximate surface area is 173 Å². The predicted octanol–water partition coefficient (Wildman–Crippen LogP) is 2.84. The highest BCUT2D eigenvalue weighted by Gasteiger charge is 2.18. The molecule has 0 saturated heterocycles. The molecule has 0 radical (unpaired) electrons. The second-order valence-corrected chi connectivity index (χ2v) is 7.55. The van der Waals surface area contributed by atoms with Gasteiger partial charge in [0.15, 0.2) is 12.3 Å². The number of carbonyl (C=O) groups excluding carboxylic acids is 2. The van der Waals surface area contributed by atoms with E-state index >= 15 is 0 Å². The Kier molecular flexibility index (Phi) is 5.61. The molecule has 2 N–H and O–H groups in total. The summed E-state index contributed by atoms with van der Waals surface area (Å²) in [4.78, 5) is 36.5. The Bertz CT molecular complexity index is 1170. The molecule has 0 unspecified atom stereocenters. The van der Waals surface area contributed by atoms with Crippen molar-refractivity contribution in [3.8, 4) is 0 Å². The zero-order valence-electron chi connectivity index (χ0n) is 16.7. The Balaban J connectivity index is 1.39. The number of amides is 1. The number of aromatic amines is 1. The number of benzene rings is 2. The molecule has 0 fully saturated rings. The lowest BCUT2D eigenvalue weighted by atomic mass is 9.89. The van der Waals surface area contributed by atoms with Gasteiger partial charge >= 0.3 is 5.97 Å². The molecule has 2 aromatic carbocycles. The van der Waals surface area contributed by atoms with E-state index in [-0.39, 0.29) is 11.7 Å². The molecule has 1 atom stereocenters. The first-order chi connectivity index (χ1) is 14.5. The smallest absolute Gasteiger partial charge is 0.359 e. The Morgan fingerprint density at radius 3 is 2.63 bits per heavy atom. The molecule has 1 heterocycles. The first kappa shape index (κ1) is 19.8. The summed E-state index contributed by atoms with van der Waals surface area (Å²) < 4.78 is 5.13. The van der Waals surface area contributed by atoms with Crippen LogP contribution in [0.1, 0.15) is 53.0 Å². The Morgan fingerprint density at radius 1 is 1.10 bits per heavy atom. The largest absolute Gasteiger partial charge is 0.451 e. The summed E-state index contributed by atoms with van der Waals surface area (Å²) in [5, 5.41) is 9.66. The van der Waals surface area contributed by atoms with Gasteiger partial charge in [-0.15, -0.1) is 0 Å². The first-order valence-electron chi connectivity index (χ1n) is 10.1. The van der Waals surface area contributed by atoms with Gasteiger partial charge in [0.25, 0.3) is 11.5 Å². The minimum Gasteiger partial charge on any atom is -0.451 e. The number of hydrogen-bond acceptors (Lipinski definition) is 5. The second-order valence-electron chi connectivity index (χ2n) is 7.55. The van der Waals surface area contributed by atoms with Crippen molar-refractivity contribution < 1.29 is 14.3 Å². The van der Waals surface area contributed by atoms with Crippen LogP contribution in [0.5, 0.6) is 0 Å². The van der Waals surface area contributed by atoms with Crippen LogP contribution in [0.25, 0.3) is 10.8 Å². The summed E-state index contributed by atoms with van der Waals surface area (Å²) >= 11 is 0. The van der Waals surface area contributed by atoms with Crippen LogP contribution in [0, 0.1) is 0 Å². The second kappa shape index (κ2) is 8.49. The van der Waals surface area contributed by atoms with Gasteiger partial charge in [0.05, 0.1) is 11.4 Å². The molecule has 1 amide bonds. The topological polar surface area (TPSA) is 101 Å². The van der Waals surface area contributed by atoms with Crippen molar-refractivity contribution in [2.45, 2.75) is 38.6 Å². The Morgan fingerprint density at radius 2 is 1.83 bits per heavy atom. The first-order valence-corrected chi connectivity index (χ1v) is 10.1. The van der Waals surface area contributed by atoms with Crippen molar-refractivity contribution in [1.29, 1.82) is 0 Å². The highest BCUT2D eigenvalue weighted by Crippen LogP contribution is 2.24. The van der Waals surface area contributed by atoms with E-state index in [1.54, 1.807) is 24.3 Å². The van der Waals surface area contributed by atoms with Gasteiger partial charge in [-0.1, -0.05) is 36.4 Å². The lowest BCUT2D eigenvalue weighted by Gasteiger charge is -2.20. The van der Waals surface area contributed by atoms with E-state index in [1.165, 1.54) is 24.0 Å². The van der Waals surface area contributed by atoms with Crippen molar-refractivity contribution >= 4 is 22.6 Å². The lowest BCUT2D eigenvalue weighted by Crippen LogP contribution is -2.31. The van der Waals surface area contributed by atoms with Gasteiger partial charge in [-0.3, -0.25) is 9.59 Å². The van der Waals surface area contributed by atoms with Crippen LogP contribution >= 0.6 is 0 Å². The molecule has 7 nitrogen and oxygen atoms in total. The van der Waals surface area contributed by atoms with Crippen LogP contribution < -0.4 is 10.9 Å². The third-order valence-electron chi connectivity index (χ3n) is 5.47. The molecule has 0 spiro atoms. The van der Waals surface area contributed by atoms with Crippen molar-refractivity contribution in [1.82, 2.24) is 15.5 Å². The number of ether oxygens (including phenoxy) is 1. The number of aromatic nitrogens is 2. The summed E-state index contributed by atoms with van der Waals surface area (Å²) in [6.45, 7) is 1.48. The number of H-pyrrole nitrogens is 1. The van der Waals surface area contributed by atoms with Crippen LogP contribution in [0.2, 0.25) is 0 Å². The monoisotopic (exact) mass is 405 g/mol. The summed E-state index contributed by atoms with van der Waals surface area (Å²) in [5.74, 6) is -1.17. The van der Waals surface area contributed by atoms with Gasteiger partial charge in [-0.25, -0.2) is 9.89 Å². The SMILES string of the molecule is C[C@H](NC(=O)COC(=O)c1n[nH]c(=O)c2ccccc12)c1ccc2c(c1)CCCC2. The van der Waals surface area contributed by atoms with E-state index in [0.29, 0.717) is 10.8 Å². The molecule has 4 rings (SSSR count). The number of esters is 1. The van der Waals surface area contributed by atoms with Gasteiger partial charge in [0, 0.05) is 5.39 Å². The maximum absolute atomic E-state index is 12.4. The number of nitrogens with one attached hydrogen (secondary N) is 2. The average Bonchev–Trinajstić information content (AvgIpc) is 2.77. The summed E-state index contributed by atoms with van der Waals surface area (Å²) in [7, 11) is 0. The predicted molar refractivity (Wildman–Crippen MR) is 112 cm³/mol. The maximum atomic E-state index is 12.4. The van der Waals surface area contributed by atoms with Crippen molar-refractivity contribution in [2.24, 2.45) is 0 Å². The van der Waals surface area contributed by atoms with Gasteiger partial charge in [-0.05, 0) is 55.4 Å². The quantitative estimate of drug-likeness (QED) is 0.636. The molecule has 1 aliphatic rings. The number of fused-ring (bicyclic) bond motifs is 2. The van der Waals surface area contributed by atoms with Crippen LogP contribution in [-0.2, 0) is 22.4 Å². The number of nitrogens with zero attached hydrogens (tertiary/aromatic N) is 1. The highest BCUT2D eigenvalue weighted by atomic mass is 16.5. The maximum Gasteiger partial charge on any atom is 0.359 e. The molecule has 0 aliphatic heterocycles. The van der Waals surface area contributed by atoms with Crippen LogP contribution in [0.4, 0.5) is 0 Å². The number of aryl methyl sites for hydroxylation is 2.